The second-order valence-electron chi connectivity index (χ2n) is 6.95. The summed E-state index contributed by atoms with van der Waals surface area (Å²) in [5.74, 6) is 0. The van der Waals surface area contributed by atoms with Crippen molar-refractivity contribution in [3.05, 3.63) is 0 Å². The van der Waals surface area contributed by atoms with Gasteiger partial charge in [0.2, 0.25) is 0 Å². The van der Waals surface area contributed by atoms with Gasteiger partial charge in [0, 0.05) is 31.2 Å². The topological polar surface area (TPSA) is 63.2 Å². The third-order valence-electron chi connectivity index (χ3n) is 4.10. The van der Waals surface area contributed by atoms with Crippen LogP contribution in [0.2, 0.25) is 0 Å². The molecule has 0 amide bonds. The van der Waals surface area contributed by atoms with Gasteiger partial charge in [-0.2, -0.15) is 0 Å². The average molecular weight is 332 g/mol. The van der Waals surface area contributed by atoms with Crippen LogP contribution in [0.3, 0.4) is 0 Å². The van der Waals surface area contributed by atoms with Crippen molar-refractivity contribution in [3.63, 3.8) is 0 Å². The molecule has 0 atom stereocenters. The number of nitrogens with one attached hydrogen (secondary N) is 1. The summed E-state index contributed by atoms with van der Waals surface area (Å²) in [5.41, 5.74) is 0.289. The zero-order chi connectivity index (χ0) is 17.0. The van der Waals surface area contributed by atoms with Crippen molar-refractivity contribution in [2.45, 2.75) is 45.2 Å². The summed E-state index contributed by atoms with van der Waals surface area (Å²) in [6.07, 6.45) is 2.43. The Bertz CT molecular complexity index is 276. The Morgan fingerprint density at radius 2 is 1.43 bits per heavy atom. The Kier molecular flexibility index (Phi) is 11.0. The van der Waals surface area contributed by atoms with E-state index < -0.39 is 0 Å². The van der Waals surface area contributed by atoms with E-state index in [0.717, 1.165) is 13.2 Å². The number of rotatable bonds is 12. The Labute approximate surface area is 141 Å². The number of aliphatic hydroxyl groups is 1. The largest absolute Gasteiger partial charge is 0.394 e. The van der Waals surface area contributed by atoms with Gasteiger partial charge in [0.05, 0.1) is 46.2 Å². The summed E-state index contributed by atoms with van der Waals surface area (Å²) >= 11 is 0. The molecule has 0 bridgehead atoms. The van der Waals surface area contributed by atoms with Gasteiger partial charge in [0.1, 0.15) is 0 Å². The minimum absolute atomic E-state index is 0.0609. The summed E-state index contributed by atoms with van der Waals surface area (Å²) in [7, 11) is 0. The number of hydrogen-bond acceptors (Lipinski definition) is 6. The predicted molar refractivity (Wildman–Crippen MR) is 91.9 cm³/mol. The molecule has 138 valence electrons. The van der Waals surface area contributed by atoms with Crippen LogP contribution >= 0.6 is 0 Å². The van der Waals surface area contributed by atoms with Gasteiger partial charge in [-0.15, -0.1) is 0 Å². The molecule has 2 N–H and O–H groups in total. The smallest absolute Gasteiger partial charge is 0.0701 e. The fourth-order valence-corrected chi connectivity index (χ4v) is 2.70. The maximum atomic E-state index is 8.54. The van der Waals surface area contributed by atoms with Crippen molar-refractivity contribution in [1.82, 2.24) is 10.2 Å². The van der Waals surface area contributed by atoms with E-state index in [9.17, 15) is 0 Å². The minimum atomic E-state index is 0.0609. The maximum Gasteiger partial charge on any atom is 0.0701 e. The molecule has 0 radical (unpaired) electrons. The molecule has 0 saturated carbocycles. The van der Waals surface area contributed by atoms with Crippen molar-refractivity contribution in [3.8, 4) is 0 Å². The predicted octanol–water partition coefficient (Wildman–Crippen LogP) is 0.881. The van der Waals surface area contributed by atoms with E-state index >= 15 is 0 Å². The molecule has 0 aromatic rings. The molecule has 23 heavy (non-hydrogen) atoms. The molecular weight excluding hydrogens is 296 g/mol. The number of piperidine rings is 1. The molecule has 0 spiro atoms. The van der Waals surface area contributed by atoms with E-state index in [0.29, 0.717) is 39.1 Å². The Balaban J connectivity index is 1.85. The quantitative estimate of drug-likeness (QED) is 0.517. The normalized spacial score (nSPS) is 17.7. The summed E-state index contributed by atoms with van der Waals surface area (Å²) in [6, 6.07) is 0.622. The van der Waals surface area contributed by atoms with Gasteiger partial charge in [-0.1, -0.05) is 0 Å². The molecule has 1 aliphatic rings. The van der Waals surface area contributed by atoms with Crippen LogP contribution in [0.15, 0.2) is 0 Å². The van der Waals surface area contributed by atoms with E-state index in [1.54, 1.807) is 0 Å². The van der Waals surface area contributed by atoms with Gasteiger partial charge in [0.15, 0.2) is 0 Å². The standard InChI is InChI=1S/C17H36N2O4/c1-17(2,3)19-7-4-16(5-8-19)18-6-10-21-12-14-23-15-13-22-11-9-20/h16,18,20H,4-15H2,1-3H3. The van der Waals surface area contributed by atoms with Crippen LogP contribution in [0.5, 0.6) is 0 Å². The Morgan fingerprint density at radius 3 is 1.96 bits per heavy atom. The van der Waals surface area contributed by atoms with E-state index in [2.05, 4.69) is 31.0 Å². The monoisotopic (exact) mass is 332 g/mol. The number of nitrogens with zero attached hydrogens (tertiary/aromatic N) is 1. The SMILES string of the molecule is CC(C)(C)N1CCC(NCCOCCOCCOCCO)CC1. The number of hydrogen-bond donors (Lipinski definition) is 2. The molecule has 1 aliphatic heterocycles. The van der Waals surface area contributed by atoms with Crippen molar-refractivity contribution in [2.24, 2.45) is 0 Å². The third-order valence-corrected chi connectivity index (χ3v) is 4.10. The second-order valence-corrected chi connectivity index (χ2v) is 6.95. The van der Waals surface area contributed by atoms with Crippen LogP contribution < -0.4 is 5.32 Å². The molecule has 6 nitrogen and oxygen atoms in total. The Hall–Kier alpha value is -0.240. The molecule has 0 aromatic carbocycles. The van der Waals surface area contributed by atoms with Crippen LogP contribution in [-0.2, 0) is 14.2 Å². The van der Waals surface area contributed by atoms with Gasteiger partial charge in [-0.3, -0.25) is 4.90 Å². The lowest BCUT2D eigenvalue weighted by atomic mass is 9.98. The first kappa shape index (κ1) is 20.8. The van der Waals surface area contributed by atoms with Crippen LogP contribution in [0.1, 0.15) is 33.6 Å². The molecule has 1 fully saturated rings. The van der Waals surface area contributed by atoms with Gasteiger partial charge < -0.3 is 24.6 Å². The minimum Gasteiger partial charge on any atom is -0.394 e. The zero-order valence-electron chi connectivity index (χ0n) is 15.2. The molecular formula is C17H36N2O4. The van der Waals surface area contributed by atoms with Crippen molar-refractivity contribution in [1.29, 1.82) is 0 Å². The van der Waals surface area contributed by atoms with E-state index in [1.165, 1.54) is 25.9 Å². The highest BCUT2D eigenvalue weighted by Crippen LogP contribution is 2.19. The highest BCUT2D eigenvalue weighted by atomic mass is 16.5. The zero-order valence-corrected chi connectivity index (χ0v) is 15.2. The molecule has 1 saturated heterocycles. The number of likely N-dealkylation sites (tertiary alicyclic amines) is 1. The van der Waals surface area contributed by atoms with Gasteiger partial charge in [0.25, 0.3) is 0 Å². The molecule has 0 unspecified atom stereocenters. The van der Waals surface area contributed by atoms with Crippen molar-refractivity contribution < 1.29 is 19.3 Å². The number of ether oxygens (including phenoxy) is 3. The fraction of sp³-hybridized carbons (Fsp3) is 1.00. The van der Waals surface area contributed by atoms with Crippen LogP contribution in [0, 0.1) is 0 Å². The van der Waals surface area contributed by atoms with E-state index in [1.807, 2.05) is 0 Å². The first-order valence-electron chi connectivity index (χ1n) is 8.86. The Morgan fingerprint density at radius 1 is 0.913 bits per heavy atom. The van der Waals surface area contributed by atoms with Gasteiger partial charge in [-0.25, -0.2) is 0 Å². The summed E-state index contributed by atoms with van der Waals surface area (Å²) in [4.78, 5) is 2.56. The molecule has 0 aromatic heterocycles. The highest BCUT2D eigenvalue weighted by Gasteiger charge is 2.26. The molecule has 6 heteroatoms. The van der Waals surface area contributed by atoms with Gasteiger partial charge >= 0.3 is 0 Å². The fourth-order valence-electron chi connectivity index (χ4n) is 2.70. The van der Waals surface area contributed by atoms with E-state index in [4.69, 9.17) is 19.3 Å². The maximum absolute atomic E-state index is 8.54. The first-order chi connectivity index (χ1) is 11.0. The van der Waals surface area contributed by atoms with E-state index in [-0.39, 0.29) is 12.1 Å². The first-order valence-corrected chi connectivity index (χ1v) is 8.86. The lowest BCUT2D eigenvalue weighted by Crippen LogP contribution is -2.50. The summed E-state index contributed by atoms with van der Waals surface area (Å²) in [5, 5.41) is 12.1. The summed E-state index contributed by atoms with van der Waals surface area (Å²) < 4.78 is 16.0. The van der Waals surface area contributed by atoms with Crippen LogP contribution in [0.4, 0.5) is 0 Å². The van der Waals surface area contributed by atoms with Crippen molar-refractivity contribution in [2.75, 3.05) is 65.9 Å². The second kappa shape index (κ2) is 12.2. The van der Waals surface area contributed by atoms with Crippen molar-refractivity contribution >= 4 is 0 Å². The average Bonchev–Trinajstić information content (AvgIpc) is 2.52. The lowest BCUT2D eigenvalue weighted by molar-refractivity contribution is 0.00764. The molecule has 1 rings (SSSR count). The third kappa shape index (κ3) is 10.3. The summed E-state index contributed by atoms with van der Waals surface area (Å²) in [6.45, 7) is 13.6. The van der Waals surface area contributed by atoms with Gasteiger partial charge in [-0.05, 0) is 33.6 Å². The van der Waals surface area contributed by atoms with Crippen LogP contribution in [0.25, 0.3) is 0 Å². The molecule has 1 heterocycles. The lowest BCUT2D eigenvalue weighted by Gasteiger charge is -2.41. The number of aliphatic hydroxyl groups excluding tert-OH is 1. The van der Waals surface area contributed by atoms with Crippen LogP contribution in [-0.4, -0.2) is 87.5 Å². The highest BCUT2D eigenvalue weighted by molar-refractivity contribution is 4.84. The molecule has 0 aliphatic carbocycles.